The van der Waals surface area contributed by atoms with E-state index in [-0.39, 0.29) is 16.9 Å². The van der Waals surface area contributed by atoms with Gasteiger partial charge in [0.2, 0.25) is 0 Å². The average molecular weight is 393 g/mol. The van der Waals surface area contributed by atoms with Gasteiger partial charge in [0, 0.05) is 12.1 Å². The second-order valence-corrected chi connectivity index (χ2v) is 5.98. The average Bonchev–Trinajstić information content (AvgIpc) is 2.84. The number of nitro groups is 1. The lowest BCUT2D eigenvalue weighted by Gasteiger charge is -2.27. The summed E-state index contributed by atoms with van der Waals surface area (Å²) in [6.07, 6.45) is -4.89. The van der Waals surface area contributed by atoms with Crippen LogP contribution in [0, 0.1) is 16.0 Å². The van der Waals surface area contributed by atoms with E-state index >= 15 is 0 Å². The molecule has 0 spiro atoms. The number of carbonyl (C=O) groups excluding carboxylic acids is 1. The molecule has 2 atom stereocenters. The summed E-state index contributed by atoms with van der Waals surface area (Å²) < 4.78 is 45.9. The van der Waals surface area contributed by atoms with E-state index in [0.29, 0.717) is 5.69 Å². The molecular weight excluding hydrogens is 379 g/mol. The quantitative estimate of drug-likeness (QED) is 0.480. The van der Waals surface area contributed by atoms with Crippen molar-refractivity contribution in [1.29, 1.82) is 0 Å². The van der Waals surface area contributed by atoms with E-state index < -0.39 is 34.7 Å². The molecule has 2 aromatic rings. The number of hydrogen-bond donors (Lipinski definition) is 1. The number of nitrogens with one attached hydrogen (secondary N) is 1. The molecule has 0 bridgehead atoms. The highest BCUT2D eigenvalue weighted by Gasteiger charge is 2.49. The maximum absolute atomic E-state index is 13.8. The van der Waals surface area contributed by atoms with Crippen LogP contribution in [0.1, 0.15) is 11.6 Å². The Labute approximate surface area is 157 Å². The van der Waals surface area contributed by atoms with Gasteiger partial charge in [-0.1, -0.05) is 24.3 Å². The number of alkyl halides is 3. The molecule has 3 rings (SSSR count). The number of nitro benzene ring substituents is 1. The number of fused-ring (bicyclic) bond motifs is 1. The SMILES string of the molecule is COC(=O)[C@H]1C(C(F)(F)F)=Nc2ccccc2N[C@H]1c1ccc([N+](=O)[O-])cc1. The van der Waals surface area contributed by atoms with Gasteiger partial charge in [-0.05, 0) is 17.7 Å². The third-order valence-corrected chi connectivity index (χ3v) is 4.29. The molecule has 0 fully saturated rings. The monoisotopic (exact) mass is 393 g/mol. The van der Waals surface area contributed by atoms with Crippen molar-refractivity contribution in [2.75, 3.05) is 12.4 Å². The first-order chi connectivity index (χ1) is 13.2. The highest BCUT2D eigenvalue weighted by atomic mass is 19.4. The van der Waals surface area contributed by atoms with Crippen LogP contribution < -0.4 is 5.32 Å². The van der Waals surface area contributed by atoms with Gasteiger partial charge in [-0.2, -0.15) is 13.2 Å². The number of nitrogens with zero attached hydrogens (tertiary/aromatic N) is 2. The van der Waals surface area contributed by atoms with Crippen LogP contribution in [0.2, 0.25) is 0 Å². The standard InChI is InChI=1S/C18H14F3N3O4/c1-28-17(25)14-15(10-6-8-11(9-7-10)24(26)27)22-12-4-2-3-5-13(12)23-16(14)18(19,20)21/h2-9,14-15,22H,1H3/t14-,15+/m1/s1. The second-order valence-electron chi connectivity index (χ2n) is 5.98. The lowest BCUT2D eigenvalue weighted by molar-refractivity contribution is -0.384. The third kappa shape index (κ3) is 3.66. The Morgan fingerprint density at radius 2 is 1.82 bits per heavy atom. The Bertz CT molecular complexity index is 942. The van der Waals surface area contributed by atoms with Crippen LogP contribution in [0.3, 0.4) is 0 Å². The van der Waals surface area contributed by atoms with Crippen molar-refractivity contribution in [3.8, 4) is 0 Å². The summed E-state index contributed by atoms with van der Waals surface area (Å²) >= 11 is 0. The first-order valence-corrected chi connectivity index (χ1v) is 8.06. The number of anilines is 1. The maximum atomic E-state index is 13.8. The van der Waals surface area contributed by atoms with Crippen LogP contribution in [0.25, 0.3) is 0 Å². The predicted molar refractivity (Wildman–Crippen MR) is 94.6 cm³/mol. The van der Waals surface area contributed by atoms with Crippen molar-refractivity contribution in [2.45, 2.75) is 12.2 Å². The molecule has 2 aromatic carbocycles. The zero-order valence-electron chi connectivity index (χ0n) is 14.4. The normalized spacial score (nSPS) is 18.9. The molecule has 0 unspecified atom stereocenters. The topological polar surface area (TPSA) is 93.8 Å². The molecule has 0 aromatic heterocycles. The molecule has 1 aliphatic heterocycles. The molecule has 146 valence electrons. The Kier molecular flexibility index (Phi) is 5.04. The van der Waals surface area contributed by atoms with Crippen molar-refractivity contribution in [3.05, 3.63) is 64.2 Å². The Balaban J connectivity index is 2.19. The minimum atomic E-state index is -4.89. The first-order valence-electron chi connectivity index (χ1n) is 8.06. The molecule has 7 nitrogen and oxygen atoms in total. The maximum Gasteiger partial charge on any atom is 0.430 e. The number of methoxy groups -OCH3 is 1. The summed E-state index contributed by atoms with van der Waals surface area (Å²) in [5, 5.41) is 13.8. The summed E-state index contributed by atoms with van der Waals surface area (Å²) in [4.78, 5) is 26.3. The number of carbonyl (C=O) groups is 1. The predicted octanol–water partition coefficient (Wildman–Crippen LogP) is 4.19. The molecule has 10 heteroatoms. The Morgan fingerprint density at radius 3 is 2.39 bits per heavy atom. The van der Waals surface area contributed by atoms with E-state index in [9.17, 15) is 28.1 Å². The fourth-order valence-electron chi connectivity index (χ4n) is 2.99. The minimum Gasteiger partial charge on any atom is -0.468 e. The first kappa shape index (κ1) is 19.3. The number of benzene rings is 2. The summed E-state index contributed by atoms with van der Waals surface area (Å²) in [5.74, 6) is -2.93. The number of rotatable bonds is 3. The van der Waals surface area contributed by atoms with Crippen LogP contribution in [-0.2, 0) is 9.53 Å². The molecule has 0 radical (unpaired) electrons. The molecule has 1 N–H and O–H groups in total. The van der Waals surface area contributed by atoms with Crippen molar-refractivity contribution in [1.82, 2.24) is 0 Å². The van der Waals surface area contributed by atoms with Gasteiger partial charge in [-0.15, -0.1) is 0 Å². The van der Waals surface area contributed by atoms with Crippen LogP contribution in [0.4, 0.5) is 30.2 Å². The van der Waals surface area contributed by atoms with E-state index in [1.165, 1.54) is 30.3 Å². The number of hydrogen-bond acceptors (Lipinski definition) is 6. The van der Waals surface area contributed by atoms with E-state index in [1.54, 1.807) is 6.07 Å². The summed E-state index contributed by atoms with van der Waals surface area (Å²) in [6.45, 7) is 0. The molecule has 0 aliphatic carbocycles. The summed E-state index contributed by atoms with van der Waals surface area (Å²) in [5.41, 5.74) is -0.973. The fourth-order valence-corrected chi connectivity index (χ4v) is 2.99. The number of non-ortho nitro benzene ring substituents is 1. The minimum absolute atomic E-state index is 0.0214. The summed E-state index contributed by atoms with van der Waals surface area (Å²) in [7, 11) is 0.987. The van der Waals surface area contributed by atoms with Crippen LogP contribution >= 0.6 is 0 Å². The van der Waals surface area contributed by atoms with Gasteiger partial charge < -0.3 is 10.1 Å². The van der Waals surface area contributed by atoms with Gasteiger partial charge in [-0.25, -0.2) is 4.99 Å². The summed E-state index contributed by atoms with van der Waals surface area (Å²) in [6, 6.07) is 9.78. The zero-order valence-corrected chi connectivity index (χ0v) is 14.4. The molecule has 28 heavy (non-hydrogen) atoms. The van der Waals surface area contributed by atoms with Crippen molar-refractivity contribution in [3.63, 3.8) is 0 Å². The number of aliphatic imine (C=N–C) groups is 1. The molecule has 0 amide bonds. The van der Waals surface area contributed by atoms with Crippen LogP contribution in [0.15, 0.2) is 53.5 Å². The molecular formula is C18H14F3N3O4. The van der Waals surface area contributed by atoms with Gasteiger partial charge in [0.15, 0.2) is 0 Å². The van der Waals surface area contributed by atoms with Crippen molar-refractivity contribution in [2.24, 2.45) is 10.9 Å². The highest BCUT2D eigenvalue weighted by molar-refractivity contribution is 6.08. The number of ether oxygens (including phenoxy) is 1. The van der Waals surface area contributed by atoms with Gasteiger partial charge >= 0.3 is 12.1 Å². The van der Waals surface area contributed by atoms with Crippen LogP contribution in [0.5, 0.6) is 0 Å². The van der Waals surface area contributed by atoms with Gasteiger partial charge in [0.1, 0.15) is 11.6 Å². The van der Waals surface area contributed by atoms with Crippen molar-refractivity contribution < 1.29 is 27.6 Å². The highest BCUT2D eigenvalue weighted by Crippen LogP contribution is 2.41. The van der Waals surface area contributed by atoms with Gasteiger partial charge in [0.25, 0.3) is 5.69 Å². The van der Waals surface area contributed by atoms with E-state index in [1.807, 2.05) is 0 Å². The van der Waals surface area contributed by atoms with Gasteiger partial charge in [-0.3, -0.25) is 14.9 Å². The second kappa shape index (κ2) is 7.29. The zero-order chi connectivity index (χ0) is 20.5. The van der Waals surface area contributed by atoms with Crippen molar-refractivity contribution >= 4 is 28.7 Å². The lowest BCUT2D eigenvalue weighted by Crippen LogP contribution is -2.41. The molecule has 0 saturated carbocycles. The van der Waals surface area contributed by atoms with E-state index in [2.05, 4.69) is 15.0 Å². The smallest absolute Gasteiger partial charge is 0.430 e. The fraction of sp³-hybridized carbons (Fsp3) is 0.222. The largest absolute Gasteiger partial charge is 0.468 e. The number of esters is 1. The third-order valence-electron chi connectivity index (χ3n) is 4.29. The van der Waals surface area contributed by atoms with Crippen LogP contribution in [-0.4, -0.2) is 29.9 Å². The number of halogens is 3. The Hall–Kier alpha value is -3.43. The molecule has 1 aliphatic rings. The number of para-hydroxylation sites is 2. The molecule has 1 heterocycles. The molecule has 0 saturated heterocycles. The Morgan fingerprint density at radius 1 is 1.18 bits per heavy atom. The van der Waals surface area contributed by atoms with E-state index in [4.69, 9.17) is 0 Å². The van der Waals surface area contributed by atoms with Gasteiger partial charge in [0.05, 0.1) is 29.4 Å². The van der Waals surface area contributed by atoms with E-state index in [0.717, 1.165) is 19.2 Å². The lowest BCUT2D eigenvalue weighted by atomic mass is 9.88.